The van der Waals surface area contributed by atoms with Crippen molar-refractivity contribution in [3.05, 3.63) is 41.5 Å². The molecule has 1 aliphatic rings. The molecule has 8 nitrogen and oxygen atoms in total. The van der Waals surface area contributed by atoms with E-state index in [1.54, 1.807) is 18.6 Å². The van der Waals surface area contributed by atoms with Crippen molar-refractivity contribution in [1.29, 1.82) is 0 Å². The summed E-state index contributed by atoms with van der Waals surface area (Å²) in [4.78, 5) is 39.4. The van der Waals surface area contributed by atoms with Gasteiger partial charge in [-0.05, 0) is 13.8 Å². The number of aromatic nitrogens is 4. The zero-order valence-corrected chi connectivity index (χ0v) is 15.6. The summed E-state index contributed by atoms with van der Waals surface area (Å²) in [6.07, 6.45) is 5.06. The molecule has 0 spiro atoms. The molecule has 0 radical (unpaired) electrons. The number of imidazole rings is 1. The molecule has 0 saturated carbocycles. The van der Waals surface area contributed by atoms with Gasteiger partial charge in [-0.3, -0.25) is 19.6 Å². The second kappa shape index (κ2) is 7.23. The molecular formula is C18H24N6O2. The minimum atomic E-state index is -0.261. The van der Waals surface area contributed by atoms with E-state index in [0.29, 0.717) is 31.0 Å². The largest absolute Gasteiger partial charge is 0.345 e. The second-order valence-corrected chi connectivity index (χ2v) is 6.87. The van der Waals surface area contributed by atoms with E-state index in [-0.39, 0.29) is 23.8 Å². The lowest BCUT2D eigenvalue weighted by Gasteiger charge is -2.34. The van der Waals surface area contributed by atoms with Crippen molar-refractivity contribution in [3.63, 3.8) is 0 Å². The van der Waals surface area contributed by atoms with E-state index in [9.17, 15) is 9.59 Å². The maximum atomic E-state index is 12.4. The fourth-order valence-corrected chi connectivity index (χ4v) is 3.01. The van der Waals surface area contributed by atoms with Gasteiger partial charge in [0.15, 0.2) is 0 Å². The van der Waals surface area contributed by atoms with E-state index in [0.717, 1.165) is 11.5 Å². The summed E-state index contributed by atoms with van der Waals surface area (Å²) in [5.41, 5.74) is 1.87. The Morgan fingerprint density at radius 3 is 2.69 bits per heavy atom. The maximum absolute atomic E-state index is 12.4. The molecule has 0 aliphatic carbocycles. The minimum absolute atomic E-state index is 0.0580. The number of hydrogen-bond acceptors (Lipinski definition) is 5. The predicted molar refractivity (Wildman–Crippen MR) is 95.1 cm³/mol. The number of amides is 2. The van der Waals surface area contributed by atoms with Crippen LogP contribution in [0.5, 0.6) is 0 Å². The highest BCUT2D eigenvalue weighted by Gasteiger charge is 2.31. The zero-order valence-electron chi connectivity index (χ0n) is 15.6. The lowest BCUT2D eigenvalue weighted by atomic mass is 10.1. The minimum Gasteiger partial charge on any atom is -0.345 e. The number of hydrogen-bond donors (Lipinski definition) is 1. The average Bonchev–Trinajstić information content (AvgIpc) is 3.06. The molecule has 26 heavy (non-hydrogen) atoms. The van der Waals surface area contributed by atoms with Gasteiger partial charge in [0.25, 0.3) is 5.91 Å². The van der Waals surface area contributed by atoms with Crippen LogP contribution in [0.4, 0.5) is 0 Å². The SMILES string of the molecule is Cc1cnc(CNC(=O)c2cn3c(n2)[C@@H](C)N(C(=O)C(C)C)CC3)cn1. The molecule has 8 heteroatoms. The second-order valence-electron chi connectivity index (χ2n) is 6.87. The Labute approximate surface area is 152 Å². The van der Waals surface area contributed by atoms with Crippen molar-refractivity contribution >= 4 is 11.8 Å². The number of carbonyl (C=O) groups excluding carboxylic acids is 2. The van der Waals surface area contributed by atoms with Gasteiger partial charge in [0.2, 0.25) is 5.91 Å². The third kappa shape index (κ3) is 3.58. The van der Waals surface area contributed by atoms with Crippen LogP contribution in [0.25, 0.3) is 0 Å². The van der Waals surface area contributed by atoms with Crippen molar-refractivity contribution in [2.75, 3.05) is 6.54 Å². The van der Waals surface area contributed by atoms with Crippen LogP contribution in [0.15, 0.2) is 18.6 Å². The molecule has 1 atom stereocenters. The molecule has 0 saturated heterocycles. The Bertz CT molecular complexity index is 812. The molecule has 2 amide bonds. The van der Waals surface area contributed by atoms with Crippen LogP contribution in [0, 0.1) is 12.8 Å². The van der Waals surface area contributed by atoms with E-state index in [1.165, 1.54) is 0 Å². The molecule has 3 heterocycles. The number of carbonyl (C=O) groups is 2. The summed E-state index contributed by atoms with van der Waals surface area (Å²) < 4.78 is 1.95. The highest BCUT2D eigenvalue weighted by atomic mass is 16.2. The Balaban J connectivity index is 1.69. The summed E-state index contributed by atoms with van der Waals surface area (Å²) in [6, 6.07) is -0.150. The molecule has 0 bridgehead atoms. The van der Waals surface area contributed by atoms with Gasteiger partial charge in [-0.25, -0.2) is 4.98 Å². The van der Waals surface area contributed by atoms with Gasteiger partial charge in [-0.15, -0.1) is 0 Å². The molecule has 2 aromatic rings. The zero-order chi connectivity index (χ0) is 18.8. The number of fused-ring (bicyclic) bond motifs is 1. The Morgan fingerprint density at radius 2 is 2.04 bits per heavy atom. The van der Waals surface area contributed by atoms with Crippen LogP contribution in [-0.4, -0.2) is 42.8 Å². The predicted octanol–water partition coefficient (Wildman–Crippen LogP) is 1.47. The molecule has 0 aromatic carbocycles. The first-order valence-corrected chi connectivity index (χ1v) is 8.80. The number of aryl methyl sites for hydroxylation is 1. The first-order valence-electron chi connectivity index (χ1n) is 8.80. The quantitative estimate of drug-likeness (QED) is 0.895. The lowest BCUT2D eigenvalue weighted by molar-refractivity contribution is -0.137. The van der Waals surface area contributed by atoms with E-state index in [1.807, 2.05) is 37.2 Å². The van der Waals surface area contributed by atoms with Crippen LogP contribution >= 0.6 is 0 Å². The number of rotatable bonds is 4. The van der Waals surface area contributed by atoms with E-state index >= 15 is 0 Å². The van der Waals surface area contributed by atoms with E-state index in [2.05, 4.69) is 20.3 Å². The molecular weight excluding hydrogens is 332 g/mol. The first kappa shape index (κ1) is 18.0. The van der Waals surface area contributed by atoms with Crippen molar-refractivity contribution in [1.82, 2.24) is 29.7 Å². The van der Waals surface area contributed by atoms with Gasteiger partial charge >= 0.3 is 0 Å². The highest BCUT2D eigenvalue weighted by molar-refractivity contribution is 5.92. The molecule has 0 unspecified atom stereocenters. The summed E-state index contributed by atoms with van der Waals surface area (Å²) in [5, 5.41) is 2.81. The van der Waals surface area contributed by atoms with E-state index < -0.39 is 0 Å². The van der Waals surface area contributed by atoms with Gasteiger partial charge < -0.3 is 14.8 Å². The van der Waals surface area contributed by atoms with Crippen LogP contribution in [0.1, 0.15) is 54.5 Å². The van der Waals surface area contributed by atoms with Gasteiger partial charge in [0.1, 0.15) is 11.5 Å². The van der Waals surface area contributed by atoms with E-state index in [4.69, 9.17) is 0 Å². The van der Waals surface area contributed by atoms with Crippen LogP contribution < -0.4 is 5.32 Å². The normalized spacial score (nSPS) is 16.5. The molecule has 0 fully saturated rings. The first-order chi connectivity index (χ1) is 12.4. The third-order valence-corrected chi connectivity index (χ3v) is 4.50. The Kier molecular flexibility index (Phi) is 5.01. The van der Waals surface area contributed by atoms with Crippen molar-refractivity contribution in [3.8, 4) is 0 Å². The molecule has 1 aliphatic heterocycles. The van der Waals surface area contributed by atoms with Gasteiger partial charge in [-0.1, -0.05) is 13.8 Å². The Hall–Kier alpha value is -2.77. The number of nitrogens with zero attached hydrogens (tertiary/aromatic N) is 5. The van der Waals surface area contributed by atoms with Crippen molar-refractivity contribution in [2.24, 2.45) is 5.92 Å². The van der Waals surface area contributed by atoms with Crippen molar-refractivity contribution < 1.29 is 9.59 Å². The lowest BCUT2D eigenvalue weighted by Crippen LogP contribution is -2.42. The molecule has 1 N–H and O–H groups in total. The summed E-state index contributed by atoms with van der Waals surface area (Å²) in [6.45, 7) is 9.15. The van der Waals surface area contributed by atoms with Crippen LogP contribution in [0.3, 0.4) is 0 Å². The van der Waals surface area contributed by atoms with Crippen molar-refractivity contribution in [2.45, 2.75) is 46.8 Å². The monoisotopic (exact) mass is 356 g/mol. The van der Waals surface area contributed by atoms with Gasteiger partial charge in [-0.2, -0.15) is 0 Å². The van der Waals surface area contributed by atoms with Gasteiger partial charge in [0.05, 0.1) is 30.2 Å². The number of nitrogens with one attached hydrogen (secondary N) is 1. The van der Waals surface area contributed by atoms with Crippen LogP contribution in [-0.2, 0) is 17.9 Å². The standard InChI is InChI=1S/C18H24N6O2/c1-11(2)18(26)24-6-5-23-10-15(22-16(23)13(24)4)17(25)21-9-14-8-19-12(3)7-20-14/h7-8,10-11,13H,5-6,9H2,1-4H3,(H,21,25)/t13-/m1/s1. The van der Waals surface area contributed by atoms with Crippen LogP contribution in [0.2, 0.25) is 0 Å². The fraction of sp³-hybridized carbons (Fsp3) is 0.500. The smallest absolute Gasteiger partial charge is 0.271 e. The molecule has 2 aromatic heterocycles. The maximum Gasteiger partial charge on any atom is 0.271 e. The fourth-order valence-electron chi connectivity index (χ4n) is 3.01. The average molecular weight is 356 g/mol. The molecule has 138 valence electrons. The summed E-state index contributed by atoms with van der Waals surface area (Å²) in [7, 11) is 0. The van der Waals surface area contributed by atoms with Gasteiger partial charge in [0, 0.05) is 31.4 Å². The highest BCUT2D eigenvalue weighted by Crippen LogP contribution is 2.26. The third-order valence-electron chi connectivity index (χ3n) is 4.50. The Morgan fingerprint density at radius 1 is 1.27 bits per heavy atom. The molecule has 3 rings (SSSR count). The summed E-state index contributed by atoms with van der Waals surface area (Å²) >= 11 is 0. The summed E-state index contributed by atoms with van der Waals surface area (Å²) in [5.74, 6) is 0.529. The topological polar surface area (TPSA) is 93.0 Å².